The van der Waals surface area contributed by atoms with E-state index in [0.29, 0.717) is 6.54 Å². The topological polar surface area (TPSA) is 29.9 Å². The van der Waals surface area contributed by atoms with Crippen molar-refractivity contribution in [3.63, 3.8) is 0 Å². The molecule has 2 rings (SSSR count). The van der Waals surface area contributed by atoms with E-state index in [9.17, 15) is 13.2 Å². The number of halogens is 3. The Morgan fingerprint density at radius 3 is 2.47 bits per heavy atom. The fourth-order valence-corrected chi connectivity index (χ4v) is 1.85. The average Bonchev–Trinajstić information content (AvgIpc) is 2.85. The minimum absolute atomic E-state index is 0.0813. The van der Waals surface area contributed by atoms with Gasteiger partial charge in [0.15, 0.2) is 0 Å². The molecule has 0 spiro atoms. The van der Waals surface area contributed by atoms with E-state index >= 15 is 0 Å². The quantitative estimate of drug-likeness (QED) is 0.925. The Labute approximate surface area is 109 Å². The van der Waals surface area contributed by atoms with Gasteiger partial charge in [-0.25, -0.2) is 0 Å². The molecule has 0 aliphatic rings. The molecule has 0 aliphatic heterocycles. The molecule has 2 aromatic rings. The molecule has 1 aromatic heterocycles. The molecule has 19 heavy (non-hydrogen) atoms. The first-order valence-electron chi connectivity index (χ1n) is 5.82. The van der Waals surface area contributed by atoms with Crippen molar-refractivity contribution >= 4 is 0 Å². The lowest BCUT2D eigenvalue weighted by Gasteiger charge is -2.16. The van der Waals surface area contributed by atoms with Crippen LogP contribution >= 0.6 is 0 Å². The Morgan fingerprint density at radius 1 is 1.26 bits per heavy atom. The highest BCUT2D eigenvalue weighted by atomic mass is 19.4. The standard InChI is InChI=1S/C13H14F3N3/c1-17-12(10-5-3-2-4-6-10)9-19-8-11(7-18-19)13(14,15)16/h2-8,12,17H,9H2,1H3. The molecule has 0 amide bonds. The molecule has 1 unspecified atom stereocenters. The number of hydrogen-bond donors (Lipinski definition) is 1. The summed E-state index contributed by atoms with van der Waals surface area (Å²) in [4.78, 5) is 0. The Bertz CT molecular complexity index is 519. The van der Waals surface area contributed by atoms with Crippen LogP contribution in [0.2, 0.25) is 0 Å². The van der Waals surface area contributed by atoms with Crippen LogP contribution in [0, 0.1) is 0 Å². The molecule has 0 radical (unpaired) electrons. The van der Waals surface area contributed by atoms with E-state index in [1.165, 1.54) is 4.68 Å². The van der Waals surface area contributed by atoms with E-state index in [-0.39, 0.29) is 6.04 Å². The lowest BCUT2D eigenvalue weighted by atomic mass is 10.1. The molecule has 0 saturated carbocycles. The molecule has 6 heteroatoms. The Kier molecular flexibility index (Phi) is 3.90. The number of rotatable bonds is 4. The van der Waals surface area contributed by atoms with Crippen LogP contribution in [0.25, 0.3) is 0 Å². The second kappa shape index (κ2) is 5.44. The number of likely N-dealkylation sites (N-methyl/N-ethyl adjacent to an activating group) is 1. The van der Waals surface area contributed by atoms with Crippen LogP contribution < -0.4 is 5.32 Å². The summed E-state index contributed by atoms with van der Waals surface area (Å²) in [6.45, 7) is 0.344. The number of nitrogens with one attached hydrogen (secondary N) is 1. The van der Waals surface area contributed by atoms with Gasteiger partial charge in [-0.15, -0.1) is 0 Å². The van der Waals surface area contributed by atoms with E-state index in [2.05, 4.69) is 10.4 Å². The van der Waals surface area contributed by atoms with Crippen molar-refractivity contribution in [3.8, 4) is 0 Å². The van der Waals surface area contributed by atoms with E-state index < -0.39 is 11.7 Å². The minimum Gasteiger partial charge on any atom is -0.311 e. The number of hydrogen-bond acceptors (Lipinski definition) is 2. The zero-order chi connectivity index (χ0) is 13.9. The van der Waals surface area contributed by atoms with Gasteiger partial charge < -0.3 is 5.32 Å². The molecule has 102 valence electrons. The van der Waals surface area contributed by atoms with Gasteiger partial charge in [-0.3, -0.25) is 4.68 Å². The summed E-state index contributed by atoms with van der Waals surface area (Å²) in [6, 6.07) is 9.45. The SMILES string of the molecule is CNC(Cn1cc(C(F)(F)F)cn1)c1ccccc1. The first-order chi connectivity index (χ1) is 9.00. The largest absolute Gasteiger partial charge is 0.419 e. The first-order valence-corrected chi connectivity index (χ1v) is 5.82. The van der Waals surface area contributed by atoms with Crippen LogP contribution in [0.3, 0.4) is 0 Å². The maximum Gasteiger partial charge on any atom is 0.419 e. The highest BCUT2D eigenvalue weighted by Gasteiger charge is 2.32. The third-order valence-corrected chi connectivity index (χ3v) is 2.88. The Morgan fingerprint density at radius 2 is 1.95 bits per heavy atom. The summed E-state index contributed by atoms with van der Waals surface area (Å²) in [7, 11) is 1.77. The number of benzene rings is 1. The number of alkyl halides is 3. The van der Waals surface area contributed by atoms with Crippen LogP contribution in [-0.2, 0) is 12.7 Å². The van der Waals surface area contributed by atoms with E-state index in [1.807, 2.05) is 30.3 Å². The maximum absolute atomic E-state index is 12.5. The summed E-state index contributed by atoms with van der Waals surface area (Å²) in [5.74, 6) is 0. The van der Waals surface area contributed by atoms with E-state index in [4.69, 9.17) is 0 Å². The van der Waals surface area contributed by atoms with Crippen molar-refractivity contribution in [1.29, 1.82) is 0 Å². The van der Waals surface area contributed by atoms with Crippen LogP contribution in [0.1, 0.15) is 17.2 Å². The van der Waals surface area contributed by atoms with Crippen LogP contribution in [-0.4, -0.2) is 16.8 Å². The normalized spacial score (nSPS) is 13.5. The predicted molar refractivity (Wildman–Crippen MR) is 65.5 cm³/mol. The molecule has 0 saturated heterocycles. The van der Waals surface area contributed by atoms with Gasteiger partial charge in [0.1, 0.15) is 0 Å². The summed E-state index contributed by atoms with van der Waals surface area (Å²) in [5, 5.41) is 6.83. The summed E-state index contributed by atoms with van der Waals surface area (Å²) >= 11 is 0. The zero-order valence-corrected chi connectivity index (χ0v) is 10.4. The average molecular weight is 269 g/mol. The Balaban J connectivity index is 2.13. The second-order valence-corrected chi connectivity index (χ2v) is 4.20. The van der Waals surface area contributed by atoms with Gasteiger partial charge in [0.25, 0.3) is 0 Å². The first kappa shape index (κ1) is 13.6. The molecular weight excluding hydrogens is 255 g/mol. The lowest BCUT2D eigenvalue weighted by Crippen LogP contribution is -2.22. The molecular formula is C13H14F3N3. The van der Waals surface area contributed by atoms with Gasteiger partial charge in [0.2, 0.25) is 0 Å². The van der Waals surface area contributed by atoms with Gasteiger partial charge in [0, 0.05) is 6.20 Å². The molecule has 0 aliphatic carbocycles. The Hall–Kier alpha value is -1.82. The van der Waals surface area contributed by atoms with Gasteiger partial charge in [-0.1, -0.05) is 30.3 Å². The summed E-state index contributed by atoms with van der Waals surface area (Å²) in [6.07, 6.45) is -2.48. The number of aromatic nitrogens is 2. The molecule has 0 fully saturated rings. The van der Waals surface area contributed by atoms with Crippen molar-refractivity contribution < 1.29 is 13.2 Å². The van der Waals surface area contributed by atoms with Crippen LogP contribution in [0.4, 0.5) is 13.2 Å². The minimum atomic E-state index is -4.35. The van der Waals surface area contributed by atoms with Gasteiger partial charge in [-0.2, -0.15) is 18.3 Å². The van der Waals surface area contributed by atoms with Crippen LogP contribution in [0.5, 0.6) is 0 Å². The molecule has 3 nitrogen and oxygen atoms in total. The lowest BCUT2D eigenvalue weighted by molar-refractivity contribution is -0.137. The van der Waals surface area contributed by atoms with Crippen molar-refractivity contribution in [2.75, 3.05) is 7.05 Å². The van der Waals surface area contributed by atoms with Crippen molar-refractivity contribution in [2.24, 2.45) is 0 Å². The predicted octanol–water partition coefficient (Wildman–Crippen LogP) is 2.86. The number of nitrogens with zero attached hydrogens (tertiary/aromatic N) is 2. The highest BCUT2D eigenvalue weighted by molar-refractivity contribution is 5.19. The van der Waals surface area contributed by atoms with Gasteiger partial charge in [-0.05, 0) is 12.6 Å². The molecule has 1 atom stereocenters. The third kappa shape index (κ3) is 3.35. The monoisotopic (exact) mass is 269 g/mol. The van der Waals surface area contributed by atoms with Crippen molar-refractivity contribution in [3.05, 3.63) is 53.9 Å². The van der Waals surface area contributed by atoms with Gasteiger partial charge >= 0.3 is 6.18 Å². The molecule has 1 aromatic carbocycles. The summed E-state index contributed by atoms with van der Waals surface area (Å²) in [5.41, 5.74) is 0.282. The smallest absolute Gasteiger partial charge is 0.311 e. The fourth-order valence-electron chi connectivity index (χ4n) is 1.85. The van der Waals surface area contributed by atoms with E-state index in [1.54, 1.807) is 7.05 Å². The van der Waals surface area contributed by atoms with Gasteiger partial charge in [0.05, 0.1) is 24.3 Å². The molecule has 1 heterocycles. The van der Waals surface area contributed by atoms with E-state index in [0.717, 1.165) is 18.0 Å². The highest BCUT2D eigenvalue weighted by Crippen LogP contribution is 2.28. The summed E-state index contributed by atoms with van der Waals surface area (Å²) < 4.78 is 38.7. The fraction of sp³-hybridized carbons (Fsp3) is 0.308. The third-order valence-electron chi connectivity index (χ3n) is 2.88. The van der Waals surface area contributed by atoms with Crippen LogP contribution in [0.15, 0.2) is 42.7 Å². The van der Waals surface area contributed by atoms with Crippen molar-refractivity contribution in [2.45, 2.75) is 18.8 Å². The maximum atomic E-state index is 12.5. The molecule has 0 bridgehead atoms. The molecule has 1 N–H and O–H groups in total. The second-order valence-electron chi connectivity index (χ2n) is 4.20. The van der Waals surface area contributed by atoms with Crippen molar-refractivity contribution in [1.82, 2.24) is 15.1 Å². The zero-order valence-electron chi connectivity index (χ0n) is 10.4.